The van der Waals surface area contributed by atoms with Crippen molar-refractivity contribution in [1.29, 1.82) is 0 Å². The highest BCUT2D eigenvalue weighted by molar-refractivity contribution is 5.78. The van der Waals surface area contributed by atoms with Crippen molar-refractivity contribution < 1.29 is 9.59 Å². The van der Waals surface area contributed by atoms with Crippen LogP contribution >= 0.6 is 0 Å². The van der Waals surface area contributed by atoms with E-state index in [0.717, 1.165) is 61.2 Å². The van der Waals surface area contributed by atoms with Crippen LogP contribution in [0.15, 0.2) is 23.3 Å². The number of hydrogen-bond acceptors (Lipinski definition) is 2. The number of rotatable bonds is 1. The molecule has 0 aromatic carbocycles. The third-order valence-electron chi connectivity index (χ3n) is 16.4. The van der Waals surface area contributed by atoms with Gasteiger partial charge in [0.2, 0.25) is 11.8 Å². The molecule has 12 atom stereocenters. The Hall–Kier alpha value is -1.58. The van der Waals surface area contributed by atoms with E-state index in [0.29, 0.717) is 45.6 Å². The molecule has 230 valence electrons. The van der Waals surface area contributed by atoms with Crippen LogP contribution in [0.1, 0.15) is 118 Å². The van der Waals surface area contributed by atoms with Gasteiger partial charge in [0.05, 0.1) is 0 Å². The number of amides is 2. The third kappa shape index (κ3) is 3.48. The summed E-state index contributed by atoms with van der Waals surface area (Å²) in [4.78, 5) is 29.5. The molecule has 0 aromatic heterocycles. The summed E-state index contributed by atoms with van der Waals surface area (Å²) in [6, 6.07) is 0.898. The van der Waals surface area contributed by atoms with Crippen LogP contribution in [0, 0.1) is 57.2 Å². The Balaban J connectivity index is 1.03. The highest BCUT2D eigenvalue weighted by Gasteiger charge is 2.62. The van der Waals surface area contributed by atoms with Gasteiger partial charge in [0.25, 0.3) is 0 Å². The minimum Gasteiger partial charge on any atom is -0.342 e. The molecular formula is C38H56N2O2. The monoisotopic (exact) mass is 572 g/mol. The van der Waals surface area contributed by atoms with Crippen LogP contribution in [-0.4, -0.2) is 47.8 Å². The van der Waals surface area contributed by atoms with Gasteiger partial charge >= 0.3 is 0 Å². The molecule has 2 unspecified atom stereocenters. The quantitative estimate of drug-likeness (QED) is 0.322. The molecule has 0 radical (unpaired) electrons. The average molecular weight is 573 g/mol. The first-order valence-corrected chi connectivity index (χ1v) is 17.8. The molecule has 4 nitrogen and oxygen atoms in total. The minimum absolute atomic E-state index is 0.296. The zero-order valence-corrected chi connectivity index (χ0v) is 27.4. The van der Waals surface area contributed by atoms with Crippen molar-refractivity contribution in [2.24, 2.45) is 57.2 Å². The average Bonchev–Trinajstić information content (AvgIpc) is 3.50. The normalized spacial score (nSPS) is 53.3. The fourth-order valence-electron chi connectivity index (χ4n) is 14.2. The number of nitrogens with zero attached hydrogens (tertiary/aromatic N) is 2. The van der Waals surface area contributed by atoms with E-state index in [-0.39, 0.29) is 0 Å². The van der Waals surface area contributed by atoms with E-state index in [4.69, 9.17) is 0 Å². The maximum atomic E-state index is 12.6. The number of carbonyl (C=O) groups is 2. The van der Waals surface area contributed by atoms with Gasteiger partial charge in [-0.2, -0.15) is 0 Å². The maximum absolute atomic E-state index is 12.6. The summed E-state index contributed by atoms with van der Waals surface area (Å²) in [5.41, 5.74) is 4.75. The first-order chi connectivity index (χ1) is 19.9. The predicted molar refractivity (Wildman–Crippen MR) is 167 cm³/mol. The zero-order valence-electron chi connectivity index (χ0n) is 27.4. The molecule has 0 aromatic rings. The number of allylic oxidation sites excluding steroid dienone is 4. The molecule has 6 fully saturated rings. The van der Waals surface area contributed by atoms with Crippen molar-refractivity contribution in [1.82, 2.24) is 9.80 Å². The van der Waals surface area contributed by atoms with E-state index < -0.39 is 0 Å². The van der Waals surface area contributed by atoms with E-state index >= 15 is 0 Å². The van der Waals surface area contributed by atoms with Gasteiger partial charge < -0.3 is 9.80 Å². The fourth-order valence-corrected chi connectivity index (χ4v) is 14.2. The van der Waals surface area contributed by atoms with Crippen molar-refractivity contribution in [2.75, 3.05) is 14.1 Å². The molecule has 4 heteroatoms. The van der Waals surface area contributed by atoms with Gasteiger partial charge in [0, 0.05) is 39.0 Å². The van der Waals surface area contributed by atoms with Gasteiger partial charge in [-0.1, -0.05) is 39.8 Å². The number of carbonyl (C=O) groups excluding carboxylic acids is 2. The smallest absolute Gasteiger partial charge is 0.222 e. The lowest BCUT2D eigenvalue weighted by atomic mass is 9.46. The molecule has 6 aliphatic carbocycles. The Morgan fingerprint density at radius 2 is 1.21 bits per heavy atom. The molecular weight excluding hydrogens is 516 g/mol. The van der Waals surface area contributed by atoms with Crippen LogP contribution in [0.25, 0.3) is 0 Å². The number of likely N-dealkylation sites (tertiary alicyclic amines) is 2. The van der Waals surface area contributed by atoms with Crippen molar-refractivity contribution in [3.63, 3.8) is 0 Å². The van der Waals surface area contributed by atoms with Crippen LogP contribution in [0.4, 0.5) is 0 Å². The highest BCUT2D eigenvalue weighted by Crippen LogP contribution is 2.69. The number of fused-ring (bicyclic) bond motifs is 10. The molecule has 0 N–H and O–H groups in total. The minimum atomic E-state index is 0.296. The molecule has 42 heavy (non-hydrogen) atoms. The van der Waals surface area contributed by atoms with Gasteiger partial charge in [0.15, 0.2) is 0 Å². The highest BCUT2D eigenvalue weighted by atomic mass is 16.2. The van der Waals surface area contributed by atoms with Crippen LogP contribution in [0.3, 0.4) is 0 Å². The standard InChI is InChI=1S/C38H56N2O2/c1-35-17-13-28-25(8-12-32-37(28,3)19-15-33(41)40(32)6)30(35)21-23(22-35)26-9-10-27-24-7-11-31-38(4,20-16-34(42)39(31)5)29(24)14-18-36(26,27)2/h9,22,24-25,27-32H,7-8,10-21H2,1-6H3/t24-,25+,27-,28-,29-,30-,31?,32?,35+,36+,37+,38+/m0/s1. The molecule has 2 aliphatic heterocycles. The second kappa shape index (κ2) is 9.00. The molecule has 2 heterocycles. The van der Waals surface area contributed by atoms with Crippen LogP contribution < -0.4 is 0 Å². The first kappa shape index (κ1) is 27.9. The topological polar surface area (TPSA) is 40.6 Å². The van der Waals surface area contributed by atoms with Crippen molar-refractivity contribution in [3.05, 3.63) is 23.3 Å². The van der Waals surface area contributed by atoms with Gasteiger partial charge in [0.1, 0.15) is 0 Å². The summed E-state index contributed by atoms with van der Waals surface area (Å²) in [6.07, 6.45) is 22.2. The SMILES string of the molecule is CN1C(=O)CC[C@@]2(C)C1CC[C@@H]1[C@@H]2CC[C@]2(C)C(C3=C[C@@]4(C)CC[C@H]5[C@@H](CCC6N(C)C(=O)CC[C@@]65C)[C@@H]4C3)=CC[C@@H]12. The van der Waals surface area contributed by atoms with E-state index in [9.17, 15) is 9.59 Å². The summed E-state index contributed by atoms with van der Waals surface area (Å²) >= 11 is 0. The van der Waals surface area contributed by atoms with Crippen LogP contribution in [0.5, 0.6) is 0 Å². The Kier molecular flexibility index (Phi) is 5.98. The molecule has 2 saturated heterocycles. The van der Waals surface area contributed by atoms with Crippen molar-refractivity contribution in [2.45, 2.75) is 130 Å². The van der Waals surface area contributed by atoms with E-state index in [1.54, 1.807) is 11.1 Å². The summed E-state index contributed by atoms with van der Waals surface area (Å²) in [5, 5.41) is 0. The summed E-state index contributed by atoms with van der Waals surface area (Å²) < 4.78 is 0. The molecule has 8 aliphatic rings. The molecule has 2 amide bonds. The van der Waals surface area contributed by atoms with E-state index in [2.05, 4.69) is 63.7 Å². The molecule has 0 spiro atoms. The van der Waals surface area contributed by atoms with Gasteiger partial charge in [-0.25, -0.2) is 0 Å². The third-order valence-corrected chi connectivity index (χ3v) is 16.4. The number of hydrogen-bond donors (Lipinski definition) is 0. The van der Waals surface area contributed by atoms with E-state index in [1.165, 1.54) is 64.2 Å². The maximum Gasteiger partial charge on any atom is 0.222 e. The Labute approximate surface area is 255 Å². The number of piperidine rings is 2. The lowest BCUT2D eigenvalue weighted by molar-refractivity contribution is -0.156. The van der Waals surface area contributed by atoms with Crippen LogP contribution in [-0.2, 0) is 9.59 Å². The molecule has 0 bridgehead atoms. The summed E-state index contributed by atoms with van der Waals surface area (Å²) in [6.45, 7) is 10.4. The second-order valence-electron chi connectivity index (χ2n) is 17.7. The van der Waals surface area contributed by atoms with Crippen molar-refractivity contribution >= 4 is 11.8 Å². The zero-order chi connectivity index (χ0) is 29.4. The lowest BCUT2D eigenvalue weighted by Crippen LogP contribution is -2.61. The van der Waals surface area contributed by atoms with Crippen LogP contribution in [0.2, 0.25) is 0 Å². The summed E-state index contributed by atoms with van der Waals surface area (Å²) in [5.74, 6) is 5.46. The Morgan fingerprint density at radius 3 is 1.81 bits per heavy atom. The first-order valence-electron chi connectivity index (χ1n) is 17.8. The molecule has 8 rings (SSSR count). The van der Waals surface area contributed by atoms with Crippen molar-refractivity contribution in [3.8, 4) is 0 Å². The van der Waals surface area contributed by atoms with Gasteiger partial charge in [-0.15, -0.1) is 0 Å². The largest absolute Gasteiger partial charge is 0.342 e. The fraction of sp³-hybridized carbons (Fsp3) is 0.842. The molecule has 4 saturated carbocycles. The second-order valence-corrected chi connectivity index (χ2v) is 17.7. The Bertz CT molecular complexity index is 1270. The van der Waals surface area contributed by atoms with E-state index in [1.807, 2.05) is 0 Å². The Morgan fingerprint density at radius 1 is 0.667 bits per heavy atom. The lowest BCUT2D eigenvalue weighted by Gasteiger charge is -2.61. The summed E-state index contributed by atoms with van der Waals surface area (Å²) in [7, 11) is 4.17. The van der Waals surface area contributed by atoms with Gasteiger partial charge in [-0.05, 0) is 145 Å². The predicted octanol–water partition coefficient (Wildman–Crippen LogP) is 7.79. The van der Waals surface area contributed by atoms with Gasteiger partial charge in [-0.3, -0.25) is 9.59 Å².